The fraction of sp³-hybridized carbons (Fsp3) is 0. The monoisotopic (exact) mass is 923 g/mol. The Morgan fingerprint density at radius 3 is 1.18 bits per heavy atom. The standard InChI is InChI=1S/C29H25N13O15S4/c30-25(43)34-19-9-13(1-5-17(19)39-41-21-11-15(58(46,47)48)3-7-23(21)60(52,53)54)32-27-36-28(38-29(45)37-27)33-14-2-6-18(20(10-14)35-26(31)44)40-42-22-12-16(59(49,50)51)4-8-24(22)61(55,56)57/h1-12H,(H3,30,34,43)(H3,31,35,44)(H,46,47,48)(H,49,50,51)(H,52,53,54)(H,55,56,57)(H3,32,33,36,37,38,45)/b41-39+,42-40+. The molecule has 0 saturated heterocycles. The van der Waals surface area contributed by atoms with E-state index >= 15 is 0 Å². The number of nitrogens with one attached hydrogen (secondary N) is 4. The highest BCUT2D eigenvalue weighted by molar-refractivity contribution is 7.87. The van der Waals surface area contributed by atoms with Gasteiger partial charge in [-0.05, 0) is 72.8 Å². The van der Waals surface area contributed by atoms with Crippen LogP contribution in [0.5, 0.6) is 6.01 Å². The Morgan fingerprint density at radius 1 is 0.492 bits per heavy atom. The van der Waals surface area contributed by atoms with Gasteiger partial charge in [-0.1, -0.05) is 0 Å². The fourth-order valence-electron chi connectivity index (χ4n) is 4.73. The third kappa shape index (κ3) is 11.9. The molecule has 0 aliphatic rings. The summed E-state index contributed by atoms with van der Waals surface area (Å²) in [5, 5.41) is 35.1. The second kappa shape index (κ2) is 17.1. The van der Waals surface area contributed by atoms with Crippen molar-refractivity contribution in [3.05, 3.63) is 72.8 Å². The number of azo groups is 2. The van der Waals surface area contributed by atoms with Crippen LogP contribution in [-0.2, 0) is 40.5 Å². The lowest BCUT2D eigenvalue weighted by Gasteiger charge is -2.12. The van der Waals surface area contributed by atoms with Crippen molar-refractivity contribution in [1.29, 1.82) is 0 Å². The Kier molecular flexibility index (Phi) is 12.6. The molecule has 5 aromatic rings. The lowest BCUT2D eigenvalue weighted by Crippen LogP contribution is -2.19. The van der Waals surface area contributed by atoms with E-state index in [2.05, 4.69) is 56.7 Å². The van der Waals surface area contributed by atoms with Gasteiger partial charge in [-0.25, -0.2) is 9.59 Å². The molecule has 28 nitrogen and oxygen atoms in total. The van der Waals surface area contributed by atoms with E-state index in [1.807, 2.05) is 0 Å². The van der Waals surface area contributed by atoms with Crippen molar-refractivity contribution in [2.45, 2.75) is 19.6 Å². The summed E-state index contributed by atoms with van der Waals surface area (Å²) >= 11 is 0. The number of benzene rings is 4. The molecule has 0 radical (unpaired) electrons. The first-order chi connectivity index (χ1) is 28.3. The van der Waals surface area contributed by atoms with E-state index in [0.717, 1.165) is 0 Å². The third-order valence-electron chi connectivity index (χ3n) is 7.19. The van der Waals surface area contributed by atoms with Gasteiger partial charge in [-0.2, -0.15) is 48.6 Å². The van der Waals surface area contributed by atoms with Crippen molar-refractivity contribution in [3.63, 3.8) is 0 Å². The number of nitrogens with two attached hydrogens (primary N) is 2. The number of rotatable bonds is 14. The molecule has 0 aliphatic carbocycles. The molecular formula is C29H25N13O15S4. The summed E-state index contributed by atoms with van der Waals surface area (Å²) in [7, 11) is -19.7. The van der Waals surface area contributed by atoms with Gasteiger partial charge in [0.2, 0.25) is 11.9 Å². The first-order valence-corrected chi connectivity index (χ1v) is 21.4. The Labute approximate surface area is 341 Å². The summed E-state index contributed by atoms with van der Waals surface area (Å²) < 4.78 is 132. The summed E-state index contributed by atoms with van der Waals surface area (Å²) in [5.74, 6) is -0.672. The first kappa shape index (κ1) is 44.8. The van der Waals surface area contributed by atoms with Gasteiger partial charge in [0.25, 0.3) is 40.5 Å². The Bertz CT molecular complexity index is 2930. The average Bonchev–Trinajstić information content (AvgIpc) is 3.12. The maximum Gasteiger partial charge on any atom is 0.320 e. The molecule has 1 heterocycles. The van der Waals surface area contributed by atoms with E-state index in [1.54, 1.807) is 0 Å². The average molecular weight is 924 g/mol. The van der Waals surface area contributed by atoms with Crippen LogP contribution in [0.1, 0.15) is 0 Å². The van der Waals surface area contributed by atoms with Crippen molar-refractivity contribution in [2.75, 3.05) is 21.3 Å². The number of hydrogen-bond donors (Lipinski definition) is 11. The molecule has 320 valence electrons. The van der Waals surface area contributed by atoms with Gasteiger partial charge < -0.3 is 37.8 Å². The summed E-state index contributed by atoms with van der Waals surface area (Å²) in [4.78, 5) is 31.9. The number of aromatic nitrogens is 3. The molecule has 0 atom stereocenters. The largest absolute Gasteiger partial charge is 0.479 e. The van der Waals surface area contributed by atoms with E-state index in [9.17, 15) is 66.6 Å². The predicted molar refractivity (Wildman–Crippen MR) is 208 cm³/mol. The number of urea groups is 2. The molecule has 4 aromatic carbocycles. The number of primary amides is 2. The predicted octanol–water partition coefficient (Wildman–Crippen LogP) is 3.86. The Balaban J connectivity index is 1.44. The van der Waals surface area contributed by atoms with Crippen LogP contribution in [0.15, 0.2) is 113 Å². The number of carbonyl (C=O) groups is 2. The zero-order valence-corrected chi connectivity index (χ0v) is 32.9. The van der Waals surface area contributed by atoms with E-state index < -0.39 is 89.5 Å². The van der Waals surface area contributed by atoms with Gasteiger partial charge in [0.1, 0.15) is 32.5 Å². The van der Waals surface area contributed by atoms with Crippen LogP contribution in [0.3, 0.4) is 0 Å². The van der Waals surface area contributed by atoms with E-state index in [1.165, 1.54) is 36.4 Å². The number of carbonyl (C=O) groups excluding carboxylic acids is 2. The lowest BCUT2D eigenvalue weighted by molar-refractivity contribution is 0.258. The topological polar surface area (TPSA) is 460 Å². The second-order valence-corrected chi connectivity index (χ2v) is 17.2. The van der Waals surface area contributed by atoms with Gasteiger partial charge in [-0.15, -0.1) is 20.5 Å². The molecule has 61 heavy (non-hydrogen) atoms. The van der Waals surface area contributed by atoms with Crippen molar-refractivity contribution in [1.82, 2.24) is 15.0 Å². The van der Waals surface area contributed by atoms with Gasteiger partial charge in [0, 0.05) is 11.4 Å². The molecule has 0 aliphatic heterocycles. The van der Waals surface area contributed by atoms with E-state index in [4.69, 9.17) is 11.5 Å². The minimum Gasteiger partial charge on any atom is -0.479 e. The van der Waals surface area contributed by atoms with Crippen LogP contribution in [-0.4, -0.2) is 84.0 Å². The van der Waals surface area contributed by atoms with Crippen LogP contribution in [0.4, 0.5) is 67.0 Å². The van der Waals surface area contributed by atoms with E-state index in [0.29, 0.717) is 36.4 Å². The Morgan fingerprint density at radius 2 is 0.852 bits per heavy atom. The number of anilines is 6. The third-order valence-corrected chi connectivity index (χ3v) is 10.7. The number of amides is 4. The van der Waals surface area contributed by atoms with Crippen molar-refractivity contribution in [2.24, 2.45) is 31.9 Å². The molecule has 13 N–H and O–H groups in total. The molecule has 0 bridgehead atoms. The van der Waals surface area contributed by atoms with Crippen LogP contribution >= 0.6 is 0 Å². The lowest BCUT2D eigenvalue weighted by atomic mass is 10.2. The smallest absolute Gasteiger partial charge is 0.320 e. The molecule has 4 amide bonds. The van der Waals surface area contributed by atoms with Gasteiger partial charge in [0.15, 0.2) is 0 Å². The molecule has 0 spiro atoms. The molecule has 0 saturated carbocycles. The SMILES string of the molecule is NC(=O)Nc1cc(Nc2nc(O)nc(Nc3ccc(/N=N/c4cc(S(=O)(=O)O)ccc4S(=O)(=O)O)c(NC(N)=O)c3)n2)ccc1/N=N/c1cc(S(=O)(=O)O)ccc1S(=O)(=O)O. The van der Waals surface area contributed by atoms with Crippen LogP contribution in [0.25, 0.3) is 0 Å². The van der Waals surface area contributed by atoms with Crippen molar-refractivity contribution in [3.8, 4) is 6.01 Å². The van der Waals surface area contributed by atoms with Gasteiger partial charge in [-0.3, -0.25) is 18.2 Å². The molecule has 0 fully saturated rings. The minimum absolute atomic E-state index is 0.0770. The number of nitrogens with zero attached hydrogens (tertiary/aromatic N) is 7. The molecule has 1 aromatic heterocycles. The zero-order valence-electron chi connectivity index (χ0n) is 29.7. The summed E-state index contributed by atoms with van der Waals surface area (Å²) in [6.45, 7) is 0. The summed E-state index contributed by atoms with van der Waals surface area (Å²) in [6.07, 6.45) is 0. The van der Waals surface area contributed by atoms with Crippen LogP contribution in [0.2, 0.25) is 0 Å². The second-order valence-electron chi connectivity index (χ2n) is 11.5. The molecule has 32 heteroatoms. The maximum atomic E-state index is 11.9. The Hall–Kier alpha value is -7.33. The quantitative estimate of drug-likeness (QED) is 0.0556. The van der Waals surface area contributed by atoms with Crippen molar-refractivity contribution < 1.29 is 66.6 Å². The van der Waals surface area contributed by atoms with Gasteiger partial charge in [0.05, 0.1) is 21.2 Å². The number of aromatic hydroxyl groups is 1. The highest BCUT2D eigenvalue weighted by atomic mass is 32.2. The zero-order chi connectivity index (χ0) is 45.1. The first-order valence-electron chi connectivity index (χ1n) is 15.7. The summed E-state index contributed by atoms with van der Waals surface area (Å²) in [5.41, 5.74) is 8.45. The normalized spacial score (nSPS) is 12.3. The maximum absolute atomic E-state index is 11.9. The highest BCUT2D eigenvalue weighted by Crippen LogP contribution is 2.36. The van der Waals surface area contributed by atoms with E-state index in [-0.39, 0.29) is 46.0 Å². The summed E-state index contributed by atoms with van der Waals surface area (Å²) in [6, 6.07) is 8.18. The molecule has 5 rings (SSSR count). The minimum atomic E-state index is -4.98. The van der Waals surface area contributed by atoms with Crippen molar-refractivity contribution >= 4 is 110 Å². The van der Waals surface area contributed by atoms with Gasteiger partial charge >= 0.3 is 18.1 Å². The molecule has 0 unspecified atom stereocenters. The fourth-order valence-corrected chi connectivity index (χ4v) is 6.94. The van der Waals surface area contributed by atoms with Crippen LogP contribution in [0, 0.1) is 0 Å². The molecular weight excluding hydrogens is 899 g/mol. The highest BCUT2D eigenvalue weighted by Gasteiger charge is 2.22. The van der Waals surface area contributed by atoms with Crippen LogP contribution < -0.4 is 32.7 Å². The number of hydrogen-bond acceptors (Lipinski definition) is 20.